The Kier molecular flexibility index (Phi) is 6.42. The number of rotatable bonds is 5. The number of thioether (sulfide) groups is 1. The first kappa shape index (κ1) is 29.0. The van der Waals surface area contributed by atoms with Gasteiger partial charge < -0.3 is 19.4 Å². The largest absolute Gasteiger partial charge is 0.393 e. The molecule has 9 unspecified atom stereocenters. The van der Waals surface area contributed by atoms with E-state index in [1.807, 2.05) is 32.2 Å². The average Bonchev–Trinajstić information content (AvgIpc) is 3.57. The molecule has 9 rings (SSSR count). The number of hydrogen-bond donors (Lipinski definition) is 1. The van der Waals surface area contributed by atoms with Gasteiger partial charge in [0.15, 0.2) is 10.9 Å². The van der Waals surface area contributed by atoms with Crippen LogP contribution in [0.3, 0.4) is 0 Å². The second-order valence-electron chi connectivity index (χ2n) is 16.0. The lowest BCUT2D eigenvalue weighted by Gasteiger charge is -2.60. The number of carbonyl (C=O) groups excluding carboxylic acids is 1. The Morgan fingerprint density at radius 3 is 2.73 bits per heavy atom. The second-order valence-corrected chi connectivity index (χ2v) is 16.9. The van der Waals surface area contributed by atoms with E-state index >= 15 is 0 Å². The van der Waals surface area contributed by atoms with Crippen molar-refractivity contribution in [3.8, 4) is 0 Å². The van der Waals surface area contributed by atoms with E-state index in [1.54, 1.807) is 11.1 Å². The number of imidazole rings is 1. The van der Waals surface area contributed by atoms with Crippen molar-refractivity contribution in [2.24, 2.45) is 35.6 Å². The van der Waals surface area contributed by atoms with E-state index in [0.717, 1.165) is 35.5 Å². The summed E-state index contributed by atoms with van der Waals surface area (Å²) in [4.78, 5) is 18.9. The van der Waals surface area contributed by atoms with Crippen LogP contribution >= 0.6 is 11.8 Å². The number of Topliss-reactive ketones (excluding diaryl/α,β-unsaturated/α-hetero) is 1. The summed E-state index contributed by atoms with van der Waals surface area (Å²) in [6, 6.07) is 9.34. The van der Waals surface area contributed by atoms with Gasteiger partial charge in [-0.1, -0.05) is 62.6 Å². The van der Waals surface area contributed by atoms with Crippen LogP contribution in [0.2, 0.25) is 0 Å². The number of benzene rings is 1. The standard InChI is InChI=1S/C37H48N4O3S/c1-35-17-25-29(41(40-19-30(25)40)23-10-6-5-7-11-23)16-22(35)14-15-24-26-20-44-37(3,36(26,2)18-31(42)33(24)35)32(43)21-45-34-38-27-12-8-9-13-28(27)39(34)4/h8-9,12-13,16,23-24,26,30-31,33,42H,5-7,10-11,14-15,17-21H2,1-4H3. The first-order valence-electron chi connectivity index (χ1n) is 17.5. The number of allylic oxidation sites excluding steroid dienone is 2. The quantitative estimate of drug-likeness (QED) is 0.309. The molecule has 8 heteroatoms. The monoisotopic (exact) mass is 628 g/mol. The number of ketones is 1. The Morgan fingerprint density at radius 2 is 1.93 bits per heavy atom. The number of nitrogens with zero attached hydrogens (tertiary/aromatic N) is 4. The van der Waals surface area contributed by atoms with Crippen LogP contribution in [-0.2, 0) is 16.6 Å². The van der Waals surface area contributed by atoms with Crippen LogP contribution < -0.4 is 0 Å². The Morgan fingerprint density at radius 1 is 1.13 bits per heavy atom. The van der Waals surface area contributed by atoms with Crippen LogP contribution in [0, 0.1) is 28.6 Å². The maximum Gasteiger partial charge on any atom is 0.175 e. The second kappa shape index (κ2) is 9.94. The summed E-state index contributed by atoms with van der Waals surface area (Å²) in [5.74, 6) is 1.27. The minimum Gasteiger partial charge on any atom is -0.393 e. The first-order chi connectivity index (χ1) is 21.6. The SMILES string of the molecule is Cn1c(SCC(=O)C2(C)OCC3C4CCC5=CC6=C(CC5(C)C4C(O)CC32C)C2CN2N6C2CCCCC2)nc2ccccc21. The molecule has 3 saturated carbocycles. The fourth-order valence-corrected chi connectivity index (χ4v) is 12.3. The summed E-state index contributed by atoms with van der Waals surface area (Å²) < 4.78 is 8.70. The van der Waals surface area contributed by atoms with Crippen molar-refractivity contribution in [2.45, 2.75) is 108 Å². The molecule has 5 fully saturated rings. The van der Waals surface area contributed by atoms with Crippen molar-refractivity contribution in [1.82, 2.24) is 19.6 Å². The number of fused-ring (bicyclic) bond motifs is 8. The molecule has 240 valence electrons. The maximum atomic E-state index is 14.1. The first-order valence-corrected chi connectivity index (χ1v) is 18.5. The summed E-state index contributed by atoms with van der Waals surface area (Å²) in [5, 5.41) is 18.4. The van der Waals surface area contributed by atoms with Gasteiger partial charge in [-0.2, -0.15) is 0 Å². The number of aromatic nitrogens is 2. The average molecular weight is 629 g/mol. The molecular weight excluding hydrogens is 580 g/mol. The predicted octanol–water partition coefficient (Wildman–Crippen LogP) is 6.27. The highest BCUT2D eigenvalue weighted by Gasteiger charge is 2.69. The van der Waals surface area contributed by atoms with Crippen molar-refractivity contribution >= 4 is 28.6 Å². The molecule has 2 aromatic rings. The van der Waals surface area contributed by atoms with Crippen molar-refractivity contribution in [3.05, 3.63) is 47.2 Å². The summed E-state index contributed by atoms with van der Waals surface area (Å²) >= 11 is 1.50. The van der Waals surface area contributed by atoms with E-state index in [4.69, 9.17) is 9.72 Å². The van der Waals surface area contributed by atoms with Crippen LogP contribution in [-0.4, -0.2) is 73.2 Å². The summed E-state index contributed by atoms with van der Waals surface area (Å²) in [7, 11) is 2.02. The highest BCUT2D eigenvalue weighted by atomic mass is 32.2. The zero-order valence-corrected chi connectivity index (χ0v) is 28.1. The fourth-order valence-electron chi connectivity index (χ4n) is 11.3. The minimum atomic E-state index is -0.916. The molecule has 4 heterocycles. The molecule has 0 radical (unpaired) electrons. The maximum absolute atomic E-state index is 14.1. The topological polar surface area (TPSA) is 70.6 Å². The number of aryl methyl sites for hydroxylation is 1. The van der Waals surface area contributed by atoms with Gasteiger partial charge in [0.1, 0.15) is 5.60 Å². The number of para-hydroxylation sites is 2. The highest BCUT2D eigenvalue weighted by molar-refractivity contribution is 7.99. The molecule has 0 bridgehead atoms. The molecule has 9 atom stereocenters. The van der Waals surface area contributed by atoms with Crippen LogP contribution in [0.15, 0.2) is 52.3 Å². The van der Waals surface area contributed by atoms with Gasteiger partial charge in [0.25, 0.3) is 0 Å². The zero-order valence-electron chi connectivity index (χ0n) is 27.3. The third-order valence-electron chi connectivity index (χ3n) is 13.9. The fraction of sp³-hybridized carbons (Fsp3) is 0.676. The van der Waals surface area contributed by atoms with Gasteiger partial charge in [0.05, 0.1) is 41.2 Å². The van der Waals surface area contributed by atoms with Crippen molar-refractivity contribution < 1.29 is 14.6 Å². The molecule has 4 aliphatic carbocycles. The number of ether oxygens (including phenoxy) is 1. The molecule has 7 aliphatic rings. The number of aliphatic hydroxyl groups is 1. The molecule has 1 N–H and O–H groups in total. The van der Waals surface area contributed by atoms with Gasteiger partial charge in [-0.25, -0.2) is 9.99 Å². The van der Waals surface area contributed by atoms with Gasteiger partial charge in [-0.05, 0) is 92.4 Å². The Bertz CT molecular complexity index is 1640. The van der Waals surface area contributed by atoms with E-state index in [1.165, 1.54) is 56.1 Å². The van der Waals surface area contributed by atoms with Gasteiger partial charge >= 0.3 is 0 Å². The van der Waals surface area contributed by atoms with Crippen molar-refractivity contribution in [3.63, 3.8) is 0 Å². The van der Waals surface area contributed by atoms with E-state index < -0.39 is 17.1 Å². The van der Waals surface area contributed by atoms with Crippen LogP contribution in [0.25, 0.3) is 11.0 Å². The smallest absolute Gasteiger partial charge is 0.175 e. The molecule has 7 nitrogen and oxygen atoms in total. The lowest BCUT2D eigenvalue weighted by atomic mass is 9.44. The molecule has 45 heavy (non-hydrogen) atoms. The summed E-state index contributed by atoms with van der Waals surface area (Å²) in [6.07, 6.45) is 12.7. The lowest BCUT2D eigenvalue weighted by Crippen LogP contribution is -2.61. The Balaban J connectivity index is 0.962. The number of carbonyl (C=O) groups is 1. The molecule has 0 spiro atoms. The molecular formula is C37H48N4O3S. The number of hydrazine groups is 1. The molecule has 0 amide bonds. The number of hydrogen-bond acceptors (Lipinski definition) is 7. The normalized spacial score (nSPS) is 42.2. The number of aliphatic hydroxyl groups excluding tert-OH is 1. The highest BCUT2D eigenvalue weighted by Crippen LogP contribution is 2.68. The predicted molar refractivity (Wildman–Crippen MR) is 176 cm³/mol. The third kappa shape index (κ3) is 3.95. The van der Waals surface area contributed by atoms with Crippen molar-refractivity contribution in [1.29, 1.82) is 0 Å². The molecule has 1 aromatic heterocycles. The molecule has 1 aromatic carbocycles. The molecule has 2 saturated heterocycles. The van der Waals surface area contributed by atoms with Gasteiger partial charge in [-0.15, -0.1) is 0 Å². The summed E-state index contributed by atoms with van der Waals surface area (Å²) in [6.45, 7) is 8.52. The van der Waals surface area contributed by atoms with E-state index in [9.17, 15) is 9.90 Å². The van der Waals surface area contributed by atoms with E-state index in [2.05, 4.69) is 40.6 Å². The Hall–Kier alpha value is -2.13. The minimum absolute atomic E-state index is 0.0294. The van der Waals surface area contributed by atoms with E-state index in [-0.39, 0.29) is 23.0 Å². The summed E-state index contributed by atoms with van der Waals surface area (Å²) in [5.41, 5.74) is 5.39. The van der Waals surface area contributed by atoms with Crippen molar-refractivity contribution in [2.75, 3.05) is 18.9 Å². The van der Waals surface area contributed by atoms with Crippen LogP contribution in [0.4, 0.5) is 0 Å². The van der Waals surface area contributed by atoms with Gasteiger partial charge in [-0.3, -0.25) is 4.79 Å². The van der Waals surface area contributed by atoms with Gasteiger partial charge in [0, 0.05) is 25.0 Å². The lowest BCUT2D eigenvalue weighted by molar-refractivity contribution is -0.158. The molecule has 3 aliphatic heterocycles. The zero-order chi connectivity index (χ0) is 30.9. The Labute approximate surface area is 271 Å². The third-order valence-corrected chi connectivity index (χ3v) is 15.0. The van der Waals surface area contributed by atoms with Gasteiger partial charge in [0.2, 0.25) is 0 Å². The van der Waals surface area contributed by atoms with E-state index in [0.29, 0.717) is 36.8 Å². The van der Waals surface area contributed by atoms with Crippen LogP contribution in [0.1, 0.15) is 78.6 Å². The van der Waals surface area contributed by atoms with Crippen LogP contribution in [0.5, 0.6) is 0 Å².